The minimum absolute atomic E-state index is 0.0175. The van der Waals surface area contributed by atoms with E-state index in [-0.39, 0.29) is 40.5 Å². The number of anilines is 2. The van der Waals surface area contributed by atoms with Crippen molar-refractivity contribution in [2.45, 2.75) is 76.0 Å². The van der Waals surface area contributed by atoms with Crippen LogP contribution in [-0.2, 0) is 4.74 Å². The van der Waals surface area contributed by atoms with Crippen LogP contribution in [0, 0.1) is 10.1 Å². The second-order valence-corrected chi connectivity index (χ2v) is 11.6. The molecule has 1 aromatic heterocycles. The predicted molar refractivity (Wildman–Crippen MR) is 141 cm³/mol. The lowest BCUT2D eigenvalue weighted by atomic mass is 9.96. The molecule has 198 valence electrons. The highest BCUT2D eigenvalue weighted by atomic mass is 16.6. The van der Waals surface area contributed by atoms with Gasteiger partial charge in [0, 0.05) is 61.1 Å². The average molecular weight is 510 g/mol. The molecule has 2 aromatic rings. The zero-order valence-corrected chi connectivity index (χ0v) is 21.7. The van der Waals surface area contributed by atoms with E-state index in [1.807, 2.05) is 42.5 Å². The molecule has 10 heteroatoms. The van der Waals surface area contributed by atoms with Crippen LogP contribution >= 0.6 is 0 Å². The van der Waals surface area contributed by atoms with Crippen LogP contribution in [0.4, 0.5) is 21.9 Å². The normalized spacial score (nSPS) is 21.3. The number of carbonyl (C=O) groups is 1. The van der Waals surface area contributed by atoms with Crippen molar-refractivity contribution in [3.8, 4) is 0 Å². The van der Waals surface area contributed by atoms with Crippen LogP contribution in [0.15, 0.2) is 41.3 Å². The van der Waals surface area contributed by atoms with Crippen molar-refractivity contribution in [3.05, 3.63) is 62.6 Å². The Balaban J connectivity index is 1.24. The second kappa shape index (κ2) is 9.08. The van der Waals surface area contributed by atoms with Crippen molar-refractivity contribution in [2.24, 2.45) is 0 Å². The molecule has 2 N–H and O–H groups in total. The van der Waals surface area contributed by atoms with E-state index in [0.717, 1.165) is 56.4 Å². The highest BCUT2D eigenvalue weighted by Gasteiger charge is 2.57. The second-order valence-electron chi connectivity index (χ2n) is 11.6. The third kappa shape index (κ3) is 5.01. The number of nitrogens with two attached hydrogens (primary N) is 1. The zero-order chi connectivity index (χ0) is 26.5. The van der Waals surface area contributed by atoms with Crippen molar-refractivity contribution in [1.29, 1.82) is 0 Å². The van der Waals surface area contributed by atoms with Crippen LogP contribution in [0.2, 0.25) is 0 Å². The summed E-state index contributed by atoms with van der Waals surface area (Å²) < 4.78 is 7.47. The van der Waals surface area contributed by atoms with Gasteiger partial charge in [-0.1, -0.05) is 0 Å². The zero-order valence-electron chi connectivity index (χ0n) is 21.7. The van der Waals surface area contributed by atoms with Crippen molar-refractivity contribution in [1.82, 2.24) is 9.47 Å². The number of nitrogen functional groups attached to an aromatic ring is 1. The first kappa shape index (κ1) is 25.1. The van der Waals surface area contributed by atoms with Crippen LogP contribution in [0.1, 0.15) is 70.4 Å². The number of amides is 1. The maximum atomic E-state index is 13.1. The minimum Gasteiger partial charge on any atom is -0.444 e. The van der Waals surface area contributed by atoms with E-state index in [2.05, 4.69) is 4.90 Å². The van der Waals surface area contributed by atoms with E-state index in [9.17, 15) is 19.7 Å². The van der Waals surface area contributed by atoms with E-state index in [1.54, 1.807) is 18.2 Å². The van der Waals surface area contributed by atoms with Gasteiger partial charge in [-0.25, -0.2) is 4.79 Å². The molecule has 1 amide bonds. The summed E-state index contributed by atoms with van der Waals surface area (Å²) in [5.41, 5.74) is 7.10. The highest BCUT2D eigenvalue weighted by molar-refractivity contribution is 5.71. The molecule has 0 unspecified atom stereocenters. The minimum atomic E-state index is -0.535. The maximum absolute atomic E-state index is 13.1. The lowest BCUT2D eigenvalue weighted by molar-refractivity contribution is -0.383. The maximum Gasteiger partial charge on any atom is 0.410 e. The largest absolute Gasteiger partial charge is 0.444 e. The van der Waals surface area contributed by atoms with E-state index < -0.39 is 10.5 Å². The molecule has 0 radical (unpaired) electrons. The Hall–Kier alpha value is -3.56. The summed E-state index contributed by atoms with van der Waals surface area (Å²) in [5, 5.41) is 11.0. The number of pyridine rings is 1. The Morgan fingerprint density at radius 3 is 2.43 bits per heavy atom. The molecule has 0 bridgehead atoms. The molecule has 2 saturated heterocycles. The fourth-order valence-corrected chi connectivity index (χ4v) is 5.84. The molecule has 5 rings (SSSR count). The number of aromatic nitrogens is 1. The van der Waals surface area contributed by atoms with Crippen molar-refractivity contribution in [2.75, 3.05) is 30.3 Å². The third-order valence-electron chi connectivity index (χ3n) is 7.92. The quantitative estimate of drug-likeness (QED) is 0.367. The summed E-state index contributed by atoms with van der Waals surface area (Å²) in [6.45, 7) is 7.67. The number of piperidine rings is 1. The number of nitro groups is 1. The number of likely N-dealkylation sites (tertiary alicyclic amines) is 1. The number of ether oxygens (including phenoxy) is 1. The van der Waals surface area contributed by atoms with Gasteiger partial charge in [0.15, 0.2) is 0 Å². The summed E-state index contributed by atoms with van der Waals surface area (Å²) in [4.78, 5) is 40.5. The predicted octanol–water partition coefficient (Wildman–Crippen LogP) is 4.44. The standard InChI is InChI=1S/C27H35N5O5/c1-26(2,3)37-25(34)31-17-19(16-27(31)9-10-27)18-6-13-30(24(33)14-18)20-7-11-29(12-8-20)21-4-5-23(32(35)36)22(28)15-21/h4-6,13-15,19-20H,7-12,16-17,28H2,1-3H3/t19-/m0/s1. The molecule has 3 fully saturated rings. The smallest absolute Gasteiger partial charge is 0.410 e. The average Bonchev–Trinajstić information content (AvgIpc) is 3.49. The van der Waals surface area contributed by atoms with Crippen LogP contribution in [0.5, 0.6) is 0 Å². The highest BCUT2D eigenvalue weighted by Crippen LogP contribution is 2.54. The van der Waals surface area contributed by atoms with Crippen LogP contribution in [0.25, 0.3) is 0 Å². The lowest BCUT2D eigenvalue weighted by Crippen LogP contribution is -2.41. The van der Waals surface area contributed by atoms with Crippen molar-refractivity contribution >= 4 is 23.2 Å². The lowest BCUT2D eigenvalue weighted by Gasteiger charge is -2.34. The summed E-state index contributed by atoms with van der Waals surface area (Å²) >= 11 is 0. The molecule has 2 aliphatic heterocycles. The summed E-state index contributed by atoms with van der Waals surface area (Å²) in [7, 11) is 0. The molecular weight excluding hydrogens is 474 g/mol. The first-order chi connectivity index (χ1) is 17.5. The molecule has 1 saturated carbocycles. The topological polar surface area (TPSA) is 124 Å². The van der Waals surface area contributed by atoms with Gasteiger partial charge >= 0.3 is 6.09 Å². The molecule has 1 spiro atoms. The first-order valence-electron chi connectivity index (χ1n) is 13.0. The molecule has 3 aliphatic rings. The van der Waals surface area contributed by atoms with Crippen molar-refractivity contribution in [3.63, 3.8) is 0 Å². The first-order valence-corrected chi connectivity index (χ1v) is 13.0. The molecule has 1 aromatic carbocycles. The Labute approximate surface area is 216 Å². The Morgan fingerprint density at radius 1 is 1.16 bits per heavy atom. The van der Waals surface area contributed by atoms with Crippen LogP contribution in [0.3, 0.4) is 0 Å². The number of nitro benzene ring substituents is 1. The van der Waals surface area contributed by atoms with Crippen LogP contribution in [-0.4, -0.2) is 51.3 Å². The summed E-state index contributed by atoms with van der Waals surface area (Å²) in [6.07, 6.45) is 6.05. The van der Waals surface area contributed by atoms with Gasteiger partial charge in [0.25, 0.3) is 11.2 Å². The summed E-state index contributed by atoms with van der Waals surface area (Å²) in [6, 6.07) is 8.68. The van der Waals surface area contributed by atoms with Gasteiger partial charge in [-0.2, -0.15) is 0 Å². The number of rotatable bonds is 4. The van der Waals surface area contributed by atoms with Gasteiger partial charge < -0.3 is 24.8 Å². The van der Waals surface area contributed by atoms with E-state index in [4.69, 9.17) is 10.5 Å². The monoisotopic (exact) mass is 509 g/mol. The molecule has 10 nitrogen and oxygen atoms in total. The summed E-state index contributed by atoms with van der Waals surface area (Å²) in [5.74, 6) is 0.131. The molecule has 1 aliphatic carbocycles. The van der Waals surface area contributed by atoms with Crippen molar-refractivity contribution < 1.29 is 14.5 Å². The molecule has 37 heavy (non-hydrogen) atoms. The number of hydrogen-bond donors (Lipinski definition) is 1. The molecule has 1 atom stereocenters. The van der Waals surface area contributed by atoms with Gasteiger partial charge in [0.05, 0.1) is 4.92 Å². The SMILES string of the molecule is CC(C)(C)OC(=O)N1C[C@@H](c2ccn(C3CCN(c4ccc([N+](=O)[O-])c(N)c4)CC3)c(=O)c2)CC12CC2. The molecule has 3 heterocycles. The van der Waals surface area contributed by atoms with E-state index in [0.29, 0.717) is 6.54 Å². The molecular formula is C27H35N5O5. The van der Waals surface area contributed by atoms with Gasteiger partial charge in [0.2, 0.25) is 0 Å². The van der Waals surface area contributed by atoms with E-state index in [1.165, 1.54) is 6.07 Å². The third-order valence-corrected chi connectivity index (χ3v) is 7.92. The van der Waals surface area contributed by atoms with Gasteiger partial charge in [-0.3, -0.25) is 14.9 Å². The van der Waals surface area contributed by atoms with E-state index >= 15 is 0 Å². The fraction of sp³-hybridized carbons (Fsp3) is 0.556. The number of hydrogen-bond acceptors (Lipinski definition) is 7. The van der Waals surface area contributed by atoms with Gasteiger partial charge in [-0.15, -0.1) is 0 Å². The van der Waals surface area contributed by atoms with Crippen LogP contribution < -0.4 is 16.2 Å². The fourth-order valence-electron chi connectivity index (χ4n) is 5.84. The Morgan fingerprint density at radius 2 is 1.86 bits per heavy atom. The number of benzene rings is 1. The Kier molecular flexibility index (Phi) is 6.16. The number of nitrogens with zero attached hydrogens (tertiary/aromatic N) is 4. The van der Waals surface area contributed by atoms with Gasteiger partial charge in [0.1, 0.15) is 11.3 Å². The van der Waals surface area contributed by atoms with Gasteiger partial charge in [-0.05, 0) is 76.6 Å². The Bertz CT molecular complexity index is 1270. The number of carbonyl (C=O) groups excluding carboxylic acids is 1.